The van der Waals surface area contributed by atoms with Crippen LogP contribution in [0.2, 0.25) is 0 Å². The highest BCUT2D eigenvalue weighted by Crippen LogP contribution is 2.22. The third kappa shape index (κ3) is 9.78. The van der Waals surface area contributed by atoms with E-state index in [-0.39, 0.29) is 24.3 Å². The Kier molecular flexibility index (Phi) is 12.3. The van der Waals surface area contributed by atoms with Crippen molar-refractivity contribution in [1.82, 2.24) is 10.6 Å². The van der Waals surface area contributed by atoms with Crippen molar-refractivity contribution >= 4 is 17.8 Å². The summed E-state index contributed by atoms with van der Waals surface area (Å²) in [5, 5.41) is 15.2. The first-order valence-corrected chi connectivity index (χ1v) is 12.2. The molecule has 0 radical (unpaired) electrons. The van der Waals surface area contributed by atoms with Crippen LogP contribution in [-0.4, -0.2) is 49.3 Å². The van der Waals surface area contributed by atoms with E-state index in [1.165, 1.54) is 44.5 Å². The summed E-state index contributed by atoms with van der Waals surface area (Å²) in [5.41, 5.74) is 1.23. The number of amides is 1. The zero-order chi connectivity index (χ0) is 25.5. The lowest BCUT2D eigenvalue weighted by Gasteiger charge is -2.18. The Morgan fingerprint density at radius 2 is 1.74 bits per heavy atom. The van der Waals surface area contributed by atoms with Crippen LogP contribution in [0.3, 0.4) is 0 Å². The van der Waals surface area contributed by atoms with Crippen molar-refractivity contribution in [3.63, 3.8) is 0 Å². The van der Waals surface area contributed by atoms with Crippen molar-refractivity contribution < 1.29 is 29.0 Å². The van der Waals surface area contributed by atoms with E-state index in [4.69, 9.17) is 9.47 Å². The molecule has 2 aromatic carbocycles. The van der Waals surface area contributed by atoms with Crippen LogP contribution in [0.1, 0.15) is 67.1 Å². The minimum Gasteiger partial charge on any atom is -0.493 e. The molecule has 1 atom stereocenters. The van der Waals surface area contributed by atoms with E-state index in [1.54, 1.807) is 37.3 Å². The van der Waals surface area contributed by atoms with E-state index in [2.05, 4.69) is 10.6 Å². The van der Waals surface area contributed by atoms with E-state index in [1.807, 2.05) is 13.0 Å². The molecule has 1 fully saturated rings. The Morgan fingerprint density at radius 3 is 2.29 bits per heavy atom. The molecular weight excluding hydrogens is 448 g/mol. The smallest absolute Gasteiger partial charge is 0.339 e. The zero-order valence-corrected chi connectivity index (χ0v) is 20.5. The Labute approximate surface area is 207 Å². The highest BCUT2D eigenvalue weighted by atomic mass is 16.5. The van der Waals surface area contributed by atoms with Crippen molar-refractivity contribution in [2.75, 3.05) is 26.3 Å². The summed E-state index contributed by atoms with van der Waals surface area (Å²) in [7, 11) is 0. The molecule has 3 N–H and O–H groups in total. The van der Waals surface area contributed by atoms with Crippen LogP contribution in [0.15, 0.2) is 48.5 Å². The van der Waals surface area contributed by atoms with Crippen molar-refractivity contribution in [2.45, 2.75) is 52.0 Å². The number of carbonyl (C=O) groups is 3. The maximum atomic E-state index is 12.6. The number of esters is 1. The Hall–Kier alpha value is -3.39. The molecule has 1 heterocycles. The predicted molar refractivity (Wildman–Crippen MR) is 134 cm³/mol. The minimum atomic E-state index is -1.10. The van der Waals surface area contributed by atoms with Crippen molar-refractivity contribution in [2.24, 2.45) is 0 Å². The Bertz CT molecular complexity index is 932. The van der Waals surface area contributed by atoms with Crippen LogP contribution in [0.4, 0.5) is 0 Å². The number of hydrogen-bond donors (Lipinski definition) is 3. The average molecular weight is 485 g/mol. The molecule has 3 rings (SSSR count). The molecule has 1 amide bonds. The van der Waals surface area contributed by atoms with Gasteiger partial charge in [-0.3, -0.25) is 4.79 Å². The lowest BCUT2D eigenvalue weighted by molar-refractivity contribution is -0.148. The van der Waals surface area contributed by atoms with Crippen LogP contribution in [-0.2, 0) is 20.7 Å². The van der Waals surface area contributed by atoms with Crippen molar-refractivity contribution in [3.8, 4) is 5.75 Å². The highest BCUT2D eigenvalue weighted by molar-refractivity contribution is 5.91. The Balaban J connectivity index is 0.000000625. The maximum Gasteiger partial charge on any atom is 0.339 e. The lowest BCUT2D eigenvalue weighted by Crippen LogP contribution is -2.36. The first-order chi connectivity index (χ1) is 17.0. The summed E-state index contributed by atoms with van der Waals surface area (Å²) in [6.45, 7) is 6.71. The van der Waals surface area contributed by atoms with Crippen LogP contribution in [0.5, 0.6) is 5.75 Å². The first-order valence-electron chi connectivity index (χ1n) is 12.2. The molecular formula is C27H36N2O6. The molecule has 0 spiro atoms. The molecule has 1 saturated heterocycles. The molecule has 35 heavy (non-hydrogen) atoms. The topological polar surface area (TPSA) is 114 Å². The van der Waals surface area contributed by atoms with Gasteiger partial charge in [0.1, 0.15) is 11.3 Å². The quantitative estimate of drug-likeness (QED) is 0.438. The first kappa shape index (κ1) is 27.9. The van der Waals surface area contributed by atoms with Gasteiger partial charge in [0.15, 0.2) is 6.04 Å². The minimum absolute atomic E-state index is 0.0290. The van der Waals surface area contributed by atoms with Crippen LogP contribution in [0, 0.1) is 0 Å². The number of hydrogen-bond acceptors (Lipinski definition) is 6. The third-order valence-corrected chi connectivity index (χ3v) is 5.27. The van der Waals surface area contributed by atoms with Crippen LogP contribution >= 0.6 is 0 Å². The summed E-state index contributed by atoms with van der Waals surface area (Å²) in [6, 6.07) is 12.4. The fourth-order valence-electron chi connectivity index (χ4n) is 3.54. The summed E-state index contributed by atoms with van der Waals surface area (Å²) < 4.78 is 10.6. The number of carboxylic acid groups (broad SMARTS) is 1. The monoisotopic (exact) mass is 484 g/mol. The van der Waals surface area contributed by atoms with Gasteiger partial charge in [-0.1, -0.05) is 49.7 Å². The molecule has 0 aliphatic carbocycles. The molecule has 0 bridgehead atoms. The molecule has 8 nitrogen and oxygen atoms in total. The molecule has 8 heteroatoms. The molecule has 1 aliphatic rings. The number of piperidine rings is 1. The van der Waals surface area contributed by atoms with Gasteiger partial charge in [-0.2, -0.15) is 0 Å². The third-order valence-electron chi connectivity index (χ3n) is 5.27. The largest absolute Gasteiger partial charge is 0.493 e. The van der Waals surface area contributed by atoms with E-state index in [0.717, 1.165) is 0 Å². The second-order valence-corrected chi connectivity index (χ2v) is 8.13. The highest BCUT2D eigenvalue weighted by Gasteiger charge is 2.24. The summed E-state index contributed by atoms with van der Waals surface area (Å²) in [5.74, 6) is -1.82. The summed E-state index contributed by atoms with van der Waals surface area (Å²) >= 11 is 0. The summed E-state index contributed by atoms with van der Waals surface area (Å²) in [6.07, 6.45) is 4.86. The average Bonchev–Trinajstić information content (AvgIpc) is 2.88. The fourth-order valence-corrected chi connectivity index (χ4v) is 3.54. The number of carboxylic acids is 1. The predicted octanol–water partition coefficient (Wildman–Crippen LogP) is 3.90. The molecule has 0 aromatic heterocycles. The SMILES string of the molecule is C1CCNCC1.CCCOC(=O)C(NC(=O)Cc1ccc(C(=O)O)c(OCC)c1)c1ccccc1. The van der Waals surface area contributed by atoms with E-state index in [0.29, 0.717) is 24.2 Å². The number of carbonyl (C=O) groups excluding carboxylic acids is 2. The van der Waals surface area contributed by atoms with Crippen LogP contribution < -0.4 is 15.4 Å². The van der Waals surface area contributed by atoms with Gasteiger partial charge >= 0.3 is 11.9 Å². The van der Waals surface area contributed by atoms with Gasteiger partial charge in [0.2, 0.25) is 5.91 Å². The van der Waals surface area contributed by atoms with E-state index < -0.39 is 23.9 Å². The standard InChI is InChI=1S/C22H25NO6.C5H11N/c1-3-12-29-22(27)20(16-8-6-5-7-9-16)23-19(24)14-15-10-11-17(21(25)26)18(13-15)28-4-2;1-2-4-6-5-3-1/h5-11,13,20H,3-4,12,14H2,1-2H3,(H,23,24)(H,25,26);6H,1-5H2. The lowest BCUT2D eigenvalue weighted by atomic mass is 10.0. The molecule has 1 aliphatic heterocycles. The second-order valence-electron chi connectivity index (χ2n) is 8.13. The Morgan fingerprint density at radius 1 is 1.03 bits per heavy atom. The number of ether oxygens (including phenoxy) is 2. The molecule has 0 saturated carbocycles. The maximum absolute atomic E-state index is 12.6. The zero-order valence-electron chi connectivity index (χ0n) is 20.5. The number of nitrogens with one attached hydrogen (secondary N) is 2. The summed E-state index contributed by atoms with van der Waals surface area (Å²) in [4.78, 5) is 36.3. The number of aromatic carboxylic acids is 1. The van der Waals surface area contributed by atoms with Crippen molar-refractivity contribution in [1.29, 1.82) is 0 Å². The van der Waals surface area contributed by atoms with E-state index in [9.17, 15) is 19.5 Å². The second kappa shape index (κ2) is 15.5. The van der Waals surface area contributed by atoms with Gasteiger partial charge in [0.05, 0.1) is 19.6 Å². The molecule has 2 aromatic rings. The number of benzene rings is 2. The number of rotatable bonds is 10. The molecule has 190 valence electrons. The van der Waals surface area contributed by atoms with Gasteiger partial charge in [0, 0.05) is 0 Å². The van der Waals surface area contributed by atoms with Gasteiger partial charge in [-0.05, 0) is 62.5 Å². The van der Waals surface area contributed by atoms with Crippen molar-refractivity contribution in [3.05, 3.63) is 65.2 Å². The van der Waals surface area contributed by atoms with Gasteiger partial charge in [-0.15, -0.1) is 0 Å². The van der Waals surface area contributed by atoms with Gasteiger partial charge in [0.25, 0.3) is 0 Å². The van der Waals surface area contributed by atoms with Gasteiger partial charge < -0.3 is 25.2 Å². The fraction of sp³-hybridized carbons (Fsp3) is 0.444. The van der Waals surface area contributed by atoms with E-state index >= 15 is 0 Å². The van der Waals surface area contributed by atoms with Gasteiger partial charge in [-0.25, -0.2) is 9.59 Å². The normalized spacial score (nSPS) is 13.5. The molecule has 1 unspecified atom stereocenters. The van der Waals surface area contributed by atoms with Crippen LogP contribution in [0.25, 0.3) is 0 Å².